The molecule has 0 atom stereocenters. The molecule has 0 unspecified atom stereocenters. The Bertz CT molecular complexity index is 473. The maximum Gasteiger partial charge on any atom is 0.169 e. The van der Waals surface area contributed by atoms with Crippen molar-refractivity contribution >= 4 is 5.82 Å². The Hall–Kier alpha value is -1.16. The number of aromatic nitrogens is 1. The summed E-state index contributed by atoms with van der Waals surface area (Å²) < 4.78 is 14.5. The van der Waals surface area contributed by atoms with E-state index in [9.17, 15) is 4.39 Å². The highest BCUT2D eigenvalue weighted by atomic mass is 19.1. The van der Waals surface area contributed by atoms with Crippen molar-refractivity contribution in [1.82, 2.24) is 10.3 Å². The second-order valence-corrected chi connectivity index (χ2v) is 7.36. The van der Waals surface area contributed by atoms with Gasteiger partial charge in [0.1, 0.15) is 0 Å². The van der Waals surface area contributed by atoms with Gasteiger partial charge in [-0.2, -0.15) is 0 Å². The van der Waals surface area contributed by atoms with Gasteiger partial charge in [-0.1, -0.05) is 0 Å². The van der Waals surface area contributed by atoms with Crippen LogP contribution >= 0.6 is 0 Å². The SMILES string of the molecule is CC(C)(C)NCc1ccnc(NC(C)(C)C2CC2)c1F. The van der Waals surface area contributed by atoms with Crippen molar-refractivity contribution in [2.24, 2.45) is 5.92 Å². The van der Waals surface area contributed by atoms with Crippen LogP contribution in [0.1, 0.15) is 53.0 Å². The van der Waals surface area contributed by atoms with E-state index < -0.39 is 0 Å². The summed E-state index contributed by atoms with van der Waals surface area (Å²) in [5, 5.41) is 6.58. The van der Waals surface area contributed by atoms with Crippen LogP contribution in [0.3, 0.4) is 0 Å². The van der Waals surface area contributed by atoms with Gasteiger partial charge < -0.3 is 10.6 Å². The Kier molecular flexibility index (Phi) is 4.05. The van der Waals surface area contributed by atoms with Gasteiger partial charge >= 0.3 is 0 Å². The van der Waals surface area contributed by atoms with Gasteiger partial charge in [0.15, 0.2) is 11.6 Å². The van der Waals surface area contributed by atoms with E-state index in [0.717, 1.165) is 0 Å². The molecular formula is C16H26FN3. The van der Waals surface area contributed by atoms with Crippen LogP contribution in [0, 0.1) is 11.7 Å². The summed E-state index contributed by atoms with van der Waals surface area (Å²) in [6.45, 7) is 11.0. The fourth-order valence-electron chi connectivity index (χ4n) is 2.28. The summed E-state index contributed by atoms with van der Waals surface area (Å²) in [5.74, 6) is 0.758. The van der Waals surface area contributed by atoms with Crippen molar-refractivity contribution in [3.05, 3.63) is 23.6 Å². The first kappa shape index (κ1) is 15.2. The molecule has 112 valence electrons. The van der Waals surface area contributed by atoms with Crippen LogP contribution in [0.2, 0.25) is 0 Å². The highest BCUT2D eigenvalue weighted by Gasteiger charge is 2.38. The summed E-state index contributed by atoms with van der Waals surface area (Å²) in [5.41, 5.74) is 0.532. The molecule has 0 aliphatic heterocycles. The van der Waals surface area contributed by atoms with Crippen LogP contribution in [0.4, 0.5) is 10.2 Å². The number of halogens is 1. The number of nitrogens with zero attached hydrogens (tertiary/aromatic N) is 1. The molecular weight excluding hydrogens is 253 g/mol. The van der Waals surface area contributed by atoms with Crippen LogP contribution in [0.15, 0.2) is 12.3 Å². The first-order chi connectivity index (χ1) is 9.19. The van der Waals surface area contributed by atoms with Gasteiger partial charge in [-0.15, -0.1) is 0 Å². The minimum Gasteiger partial charge on any atom is -0.362 e. The Labute approximate surface area is 121 Å². The third kappa shape index (κ3) is 3.92. The molecule has 2 rings (SSSR count). The molecule has 1 aliphatic carbocycles. The standard InChI is InChI=1S/C16H26FN3/c1-15(2,3)19-10-11-8-9-18-14(13(11)17)20-16(4,5)12-6-7-12/h8-9,12,19H,6-7,10H2,1-5H3,(H,18,20). The average molecular weight is 279 g/mol. The van der Waals surface area contributed by atoms with E-state index in [1.165, 1.54) is 12.8 Å². The molecule has 20 heavy (non-hydrogen) atoms. The summed E-state index contributed by atoms with van der Waals surface area (Å²) >= 11 is 0. The van der Waals surface area contributed by atoms with E-state index in [2.05, 4.69) is 50.2 Å². The third-order valence-electron chi connectivity index (χ3n) is 3.82. The molecule has 0 radical (unpaired) electrons. The van der Waals surface area contributed by atoms with Gasteiger partial charge in [0.2, 0.25) is 0 Å². The fourth-order valence-corrected chi connectivity index (χ4v) is 2.28. The lowest BCUT2D eigenvalue weighted by atomic mass is 9.98. The number of rotatable bonds is 5. The quantitative estimate of drug-likeness (QED) is 0.862. The number of hydrogen-bond acceptors (Lipinski definition) is 3. The van der Waals surface area contributed by atoms with Crippen molar-refractivity contribution in [1.29, 1.82) is 0 Å². The van der Waals surface area contributed by atoms with E-state index in [4.69, 9.17) is 0 Å². The second kappa shape index (κ2) is 5.32. The number of hydrogen-bond donors (Lipinski definition) is 2. The molecule has 3 nitrogen and oxygen atoms in total. The van der Waals surface area contributed by atoms with Gasteiger partial charge in [0, 0.05) is 29.4 Å². The molecule has 1 aromatic heterocycles. The molecule has 1 fully saturated rings. The normalized spacial score (nSPS) is 16.3. The topological polar surface area (TPSA) is 37.0 Å². The lowest BCUT2D eigenvalue weighted by molar-refractivity contribution is 0.417. The van der Waals surface area contributed by atoms with Crippen molar-refractivity contribution in [3.63, 3.8) is 0 Å². The van der Waals surface area contributed by atoms with Crippen LogP contribution in [-0.2, 0) is 6.54 Å². The summed E-state index contributed by atoms with van der Waals surface area (Å²) in [6.07, 6.45) is 4.11. The van der Waals surface area contributed by atoms with Gasteiger partial charge in [-0.25, -0.2) is 9.37 Å². The van der Waals surface area contributed by atoms with Crippen LogP contribution in [-0.4, -0.2) is 16.1 Å². The molecule has 1 aliphatic rings. The smallest absolute Gasteiger partial charge is 0.169 e. The monoisotopic (exact) mass is 279 g/mol. The zero-order valence-electron chi connectivity index (χ0n) is 13.2. The lowest BCUT2D eigenvalue weighted by Gasteiger charge is -2.27. The van der Waals surface area contributed by atoms with E-state index in [-0.39, 0.29) is 16.9 Å². The first-order valence-electron chi connectivity index (χ1n) is 7.36. The molecule has 0 saturated heterocycles. The largest absolute Gasteiger partial charge is 0.362 e. The summed E-state index contributed by atoms with van der Waals surface area (Å²) in [7, 11) is 0. The highest BCUT2D eigenvalue weighted by Crippen LogP contribution is 2.41. The van der Waals surface area contributed by atoms with Crippen molar-refractivity contribution in [3.8, 4) is 0 Å². The minimum atomic E-state index is -0.238. The first-order valence-corrected chi connectivity index (χ1v) is 7.36. The van der Waals surface area contributed by atoms with Crippen LogP contribution in [0.5, 0.6) is 0 Å². The van der Waals surface area contributed by atoms with Crippen molar-refractivity contribution in [2.45, 2.75) is 65.1 Å². The predicted molar refractivity (Wildman–Crippen MR) is 81.2 cm³/mol. The zero-order chi connectivity index (χ0) is 15.0. The minimum absolute atomic E-state index is 0.0312. The van der Waals surface area contributed by atoms with Gasteiger partial charge in [0.05, 0.1) is 0 Å². The Balaban J connectivity index is 2.10. The van der Waals surface area contributed by atoms with Gasteiger partial charge in [-0.05, 0) is 59.4 Å². The predicted octanol–water partition coefficient (Wildman–Crippen LogP) is 3.71. The van der Waals surface area contributed by atoms with E-state index in [0.29, 0.717) is 23.8 Å². The van der Waals surface area contributed by atoms with Crippen LogP contribution < -0.4 is 10.6 Å². The summed E-state index contributed by atoms with van der Waals surface area (Å²) in [4.78, 5) is 4.16. The van der Waals surface area contributed by atoms with E-state index in [1.54, 1.807) is 12.3 Å². The molecule has 4 heteroatoms. The number of anilines is 1. The molecule has 0 amide bonds. The lowest BCUT2D eigenvalue weighted by Crippen LogP contribution is -2.36. The Morgan fingerprint density at radius 1 is 1.25 bits per heavy atom. The third-order valence-corrected chi connectivity index (χ3v) is 3.82. The van der Waals surface area contributed by atoms with Gasteiger partial charge in [-0.3, -0.25) is 0 Å². The van der Waals surface area contributed by atoms with Crippen LogP contribution in [0.25, 0.3) is 0 Å². The maximum absolute atomic E-state index is 14.5. The average Bonchev–Trinajstić information content (AvgIpc) is 3.13. The Morgan fingerprint density at radius 3 is 2.45 bits per heavy atom. The second-order valence-electron chi connectivity index (χ2n) is 7.36. The maximum atomic E-state index is 14.5. The molecule has 1 saturated carbocycles. The summed E-state index contributed by atoms with van der Waals surface area (Å²) in [6, 6.07) is 1.74. The van der Waals surface area contributed by atoms with Crippen molar-refractivity contribution < 1.29 is 4.39 Å². The number of pyridine rings is 1. The van der Waals surface area contributed by atoms with E-state index in [1.807, 2.05) is 0 Å². The van der Waals surface area contributed by atoms with E-state index >= 15 is 0 Å². The Morgan fingerprint density at radius 2 is 1.90 bits per heavy atom. The molecule has 2 N–H and O–H groups in total. The van der Waals surface area contributed by atoms with Gasteiger partial charge in [0.25, 0.3) is 0 Å². The fraction of sp³-hybridized carbons (Fsp3) is 0.688. The number of nitrogens with one attached hydrogen (secondary N) is 2. The molecule has 0 aromatic carbocycles. The molecule has 1 aromatic rings. The highest BCUT2D eigenvalue weighted by molar-refractivity contribution is 5.42. The molecule has 0 spiro atoms. The molecule has 1 heterocycles. The van der Waals surface area contributed by atoms with Crippen molar-refractivity contribution in [2.75, 3.05) is 5.32 Å². The molecule has 0 bridgehead atoms. The zero-order valence-corrected chi connectivity index (χ0v) is 13.2.